The van der Waals surface area contributed by atoms with Gasteiger partial charge in [0.2, 0.25) is 0 Å². The smallest absolute Gasteiger partial charge is 0.0888 e. The second kappa shape index (κ2) is 3.17. The van der Waals surface area contributed by atoms with E-state index in [9.17, 15) is 0 Å². The van der Waals surface area contributed by atoms with E-state index in [0.29, 0.717) is 0 Å². The van der Waals surface area contributed by atoms with E-state index < -0.39 is 0 Å². The fourth-order valence-electron chi connectivity index (χ4n) is 1.57. The summed E-state index contributed by atoms with van der Waals surface area (Å²) in [6, 6.07) is 10.6. The maximum absolute atomic E-state index is 4.42. The Bertz CT molecular complexity index is 615. The highest BCUT2D eigenvalue weighted by Crippen LogP contribution is 2.32. The van der Waals surface area contributed by atoms with Gasteiger partial charge in [-0.15, -0.1) is 11.3 Å². The molecule has 0 N–H and O–H groups in total. The number of nitrogens with zero attached hydrogens (tertiary/aromatic N) is 1. The summed E-state index contributed by atoms with van der Waals surface area (Å²) in [6.45, 7) is 0. The van der Waals surface area contributed by atoms with Gasteiger partial charge in [-0.2, -0.15) is 0 Å². The normalized spacial score (nSPS) is 11.2. The molecule has 2 heterocycles. The number of rotatable bonds is 0. The molecular weight excluding hydrogens is 305 g/mol. The summed E-state index contributed by atoms with van der Waals surface area (Å²) in [7, 11) is 0. The van der Waals surface area contributed by atoms with Gasteiger partial charge in [0.1, 0.15) is 0 Å². The van der Waals surface area contributed by atoms with Crippen LogP contribution >= 0.6 is 33.9 Å². The third-order valence-electron chi connectivity index (χ3n) is 2.19. The summed E-state index contributed by atoms with van der Waals surface area (Å²) in [5.74, 6) is 0. The maximum Gasteiger partial charge on any atom is 0.0888 e. The highest BCUT2D eigenvalue weighted by Gasteiger charge is 2.04. The molecule has 0 aliphatic carbocycles. The van der Waals surface area contributed by atoms with Crippen molar-refractivity contribution in [3.05, 3.63) is 40.1 Å². The number of benzene rings is 1. The van der Waals surface area contributed by atoms with Crippen molar-refractivity contribution in [2.45, 2.75) is 0 Å². The number of pyridine rings is 1. The SMILES string of the molecule is Ic1ccc2sc3cccnc3c2c1. The van der Waals surface area contributed by atoms with Gasteiger partial charge in [0.15, 0.2) is 0 Å². The van der Waals surface area contributed by atoms with Gasteiger partial charge in [-0.3, -0.25) is 4.98 Å². The minimum absolute atomic E-state index is 1.13. The summed E-state index contributed by atoms with van der Waals surface area (Å²) in [5.41, 5.74) is 1.13. The molecule has 0 saturated heterocycles. The molecule has 0 fully saturated rings. The number of thiophene rings is 1. The molecule has 3 rings (SSSR count). The number of hydrogen-bond donors (Lipinski definition) is 0. The molecule has 68 valence electrons. The van der Waals surface area contributed by atoms with Crippen molar-refractivity contribution in [2.75, 3.05) is 0 Å². The quantitative estimate of drug-likeness (QED) is 0.571. The van der Waals surface area contributed by atoms with Gasteiger partial charge in [0.05, 0.1) is 10.2 Å². The fourth-order valence-corrected chi connectivity index (χ4v) is 3.11. The molecule has 14 heavy (non-hydrogen) atoms. The third kappa shape index (κ3) is 1.23. The fraction of sp³-hybridized carbons (Fsp3) is 0. The van der Waals surface area contributed by atoms with Crippen molar-refractivity contribution in [2.24, 2.45) is 0 Å². The van der Waals surface area contributed by atoms with Gasteiger partial charge in [0, 0.05) is 19.9 Å². The summed E-state index contributed by atoms with van der Waals surface area (Å²) >= 11 is 4.14. The topological polar surface area (TPSA) is 12.9 Å². The first-order valence-electron chi connectivity index (χ1n) is 4.27. The molecule has 0 saturated carbocycles. The number of aromatic nitrogens is 1. The Morgan fingerprint density at radius 1 is 1.14 bits per heavy atom. The first kappa shape index (κ1) is 8.61. The van der Waals surface area contributed by atoms with E-state index in [2.05, 4.69) is 51.8 Å². The van der Waals surface area contributed by atoms with Crippen LogP contribution in [0.3, 0.4) is 0 Å². The van der Waals surface area contributed by atoms with Crippen molar-refractivity contribution in [1.29, 1.82) is 0 Å². The summed E-state index contributed by atoms with van der Waals surface area (Å²) in [6.07, 6.45) is 1.86. The average molecular weight is 311 g/mol. The van der Waals surface area contributed by atoms with Crippen LogP contribution in [0, 0.1) is 3.57 Å². The van der Waals surface area contributed by atoms with Gasteiger partial charge < -0.3 is 0 Å². The number of fused-ring (bicyclic) bond motifs is 3. The van der Waals surface area contributed by atoms with Gasteiger partial charge in [-0.25, -0.2) is 0 Å². The molecule has 3 aromatic rings. The Labute approximate surface area is 98.9 Å². The van der Waals surface area contributed by atoms with Gasteiger partial charge in [-0.05, 0) is 52.9 Å². The van der Waals surface area contributed by atoms with E-state index in [1.54, 1.807) is 11.3 Å². The molecule has 0 spiro atoms. The minimum Gasteiger partial charge on any atom is -0.255 e. The van der Waals surface area contributed by atoms with E-state index in [-0.39, 0.29) is 0 Å². The molecule has 0 atom stereocenters. The van der Waals surface area contributed by atoms with Crippen LogP contribution in [0.1, 0.15) is 0 Å². The van der Waals surface area contributed by atoms with Crippen molar-refractivity contribution in [3.8, 4) is 0 Å². The van der Waals surface area contributed by atoms with Crippen LogP contribution in [0.15, 0.2) is 36.5 Å². The summed E-state index contributed by atoms with van der Waals surface area (Å²) in [5, 5.41) is 1.28. The van der Waals surface area contributed by atoms with E-state index in [4.69, 9.17) is 0 Å². The molecule has 2 aromatic heterocycles. The monoisotopic (exact) mass is 311 g/mol. The standard InChI is InChI=1S/C11H6INS/c12-7-3-4-9-8(6-7)11-10(14-9)2-1-5-13-11/h1-6H. The van der Waals surface area contributed by atoms with Gasteiger partial charge in [0.25, 0.3) is 0 Å². The van der Waals surface area contributed by atoms with E-state index in [0.717, 1.165) is 5.52 Å². The zero-order valence-electron chi connectivity index (χ0n) is 7.20. The maximum atomic E-state index is 4.42. The predicted molar refractivity (Wildman–Crippen MR) is 69.8 cm³/mol. The first-order chi connectivity index (χ1) is 6.84. The molecule has 0 radical (unpaired) electrons. The van der Waals surface area contributed by atoms with Crippen LogP contribution in [0.25, 0.3) is 20.3 Å². The number of hydrogen-bond acceptors (Lipinski definition) is 2. The molecule has 0 aliphatic heterocycles. The molecular formula is C11H6INS. The zero-order chi connectivity index (χ0) is 9.54. The highest BCUT2D eigenvalue weighted by molar-refractivity contribution is 14.1. The molecule has 0 unspecified atom stereocenters. The van der Waals surface area contributed by atoms with Crippen LogP contribution in [-0.2, 0) is 0 Å². The van der Waals surface area contributed by atoms with Crippen LogP contribution in [0.4, 0.5) is 0 Å². The van der Waals surface area contributed by atoms with Crippen molar-refractivity contribution < 1.29 is 0 Å². The zero-order valence-corrected chi connectivity index (χ0v) is 10.2. The lowest BCUT2D eigenvalue weighted by atomic mass is 10.2. The van der Waals surface area contributed by atoms with Gasteiger partial charge >= 0.3 is 0 Å². The minimum atomic E-state index is 1.13. The second-order valence-corrected chi connectivity index (χ2v) is 5.42. The lowest BCUT2D eigenvalue weighted by molar-refractivity contribution is 1.44. The largest absolute Gasteiger partial charge is 0.255 e. The average Bonchev–Trinajstić information content (AvgIpc) is 2.56. The van der Waals surface area contributed by atoms with E-state index >= 15 is 0 Å². The van der Waals surface area contributed by atoms with Crippen LogP contribution < -0.4 is 0 Å². The predicted octanol–water partition coefficient (Wildman–Crippen LogP) is 4.05. The number of halogens is 1. The van der Waals surface area contributed by atoms with Gasteiger partial charge in [-0.1, -0.05) is 0 Å². The molecule has 0 amide bonds. The lowest BCUT2D eigenvalue weighted by Crippen LogP contribution is -1.72. The van der Waals surface area contributed by atoms with E-state index in [1.165, 1.54) is 18.4 Å². The molecule has 3 heteroatoms. The lowest BCUT2D eigenvalue weighted by Gasteiger charge is -1.91. The van der Waals surface area contributed by atoms with Crippen LogP contribution in [0.5, 0.6) is 0 Å². The Kier molecular flexibility index (Phi) is 1.95. The highest BCUT2D eigenvalue weighted by atomic mass is 127. The second-order valence-electron chi connectivity index (χ2n) is 3.09. The summed E-state index contributed by atoms with van der Waals surface area (Å²) in [4.78, 5) is 4.42. The Balaban J connectivity index is 2.58. The molecule has 0 aliphatic rings. The Hall–Kier alpha value is -0.680. The molecule has 1 nitrogen and oxygen atoms in total. The van der Waals surface area contributed by atoms with Crippen LogP contribution in [0.2, 0.25) is 0 Å². The third-order valence-corrected chi connectivity index (χ3v) is 3.98. The molecule has 0 bridgehead atoms. The van der Waals surface area contributed by atoms with Crippen molar-refractivity contribution in [1.82, 2.24) is 4.98 Å². The Morgan fingerprint density at radius 2 is 2.07 bits per heavy atom. The van der Waals surface area contributed by atoms with Crippen LogP contribution in [-0.4, -0.2) is 4.98 Å². The van der Waals surface area contributed by atoms with E-state index in [1.807, 2.05) is 12.3 Å². The molecule has 1 aromatic carbocycles. The van der Waals surface area contributed by atoms with Crippen molar-refractivity contribution >= 4 is 54.2 Å². The Morgan fingerprint density at radius 3 is 3.00 bits per heavy atom. The summed E-state index contributed by atoms with van der Waals surface area (Å²) < 4.78 is 3.85. The van der Waals surface area contributed by atoms with Crippen molar-refractivity contribution in [3.63, 3.8) is 0 Å². The first-order valence-corrected chi connectivity index (χ1v) is 6.17.